The molecule has 150 valence electrons. The minimum atomic E-state index is -0.443. The normalized spacial score (nSPS) is 10.7. The number of H-pyrrole nitrogens is 1. The van der Waals surface area contributed by atoms with E-state index >= 15 is 0 Å². The maximum atomic E-state index is 12.3. The molecule has 0 atom stereocenters. The van der Waals surface area contributed by atoms with E-state index in [1.165, 1.54) is 0 Å². The highest BCUT2D eigenvalue weighted by atomic mass is 32.2. The van der Waals surface area contributed by atoms with Gasteiger partial charge in [-0.3, -0.25) is 9.59 Å². The third kappa shape index (κ3) is 4.90. The summed E-state index contributed by atoms with van der Waals surface area (Å²) >= 11 is 1.56. The quantitative estimate of drug-likeness (QED) is 0.414. The van der Waals surface area contributed by atoms with E-state index in [1.54, 1.807) is 18.0 Å². The molecule has 2 N–H and O–H groups in total. The Morgan fingerprint density at radius 1 is 0.900 bits per heavy atom. The Hall–Kier alpha value is -3.51. The molecule has 0 spiro atoms. The van der Waals surface area contributed by atoms with Crippen molar-refractivity contribution in [1.29, 1.82) is 0 Å². The van der Waals surface area contributed by atoms with Crippen LogP contribution in [-0.4, -0.2) is 23.5 Å². The second-order valence-corrected chi connectivity index (χ2v) is 7.77. The second-order valence-electron chi connectivity index (χ2n) is 6.66. The zero-order chi connectivity index (χ0) is 20.8. The molecule has 0 bridgehead atoms. The number of hydrogen-bond donors (Lipinski definition) is 2. The number of carbonyl (C=O) groups is 2. The van der Waals surface area contributed by atoms with Gasteiger partial charge < -0.3 is 15.0 Å². The van der Waals surface area contributed by atoms with E-state index in [9.17, 15) is 9.59 Å². The number of anilines is 1. The summed E-state index contributed by atoms with van der Waals surface area (Å²) in [6, 6.07) is 25.2. The van der Waals surface area contributed by atoms with E-state index in [0.717, 1.165) is 26.3 Å². The molecule has 0 unspecified atom stereocenters. The minimum absolute atomic E-state index is 0.109. The number of hydrogen-bond acceptors (Lipinski definition) is 4. The molecule has 0 saturated carbocycles. The van der Waals surface area contributed by atoms with Crippen LogP contribution in [0.1, 0.15) is 5.56 Å². The van der Waals surface area contributed by atoms with E-state index in [2.05, 4.69) is 10.3 Å². The first-order valence-corrected chi connectivity index (χ1v) is 10.3. The molecule has 5 nitrogen and oxygen atoms in total. The zero-order valence-corrected chi connectivity index (χ0v) is 16.9. The Morgan fingerprint density at radius 2 is 1.63 bits per heavy atom. The number of ether oxygens (including phenoxy) is 1. The summed E-state index contributed by atoms with van der Waals surface area (Å²) in [5, 5.41) is 3.81. The Morgan fingerprint density at radius 3 is 2.50 bits per heavy atom. The first-order valence-electron chi connectivity index (χ1n) is 9.51. The van der Waals surface area contributed by atoms with Gasteiger partial charge in [0.15, 0.2) is 6.61 Å². The van der Waals surface area contributed by atoms with E-state index in [1.807, 2.05) is 78.9 Å². The molecule has 4 rings (SSSR count). The van der Waals surface area contributed by atoms with Crippen molar-refractivity contribution < 1.29 is 14.3 Å². The number of aromatic nitrogens is 1. The highest BCUT2D eigenvalue weighted by Crippen LogP contribution is 2.33. The number of rotatable bonds is 7. The Kier molecular flexibility index (Phi) is 6.15. The van der Waals surface area contributed by atoms with Crippen molar-refractivity contribution in [2.24, 2.45) is 0 Å². The SMILES string of the molecule is O=C(COC(=O)Cc1c[nH]c2ccccc12)Nc1ccccc1Sc1ccccc1. The lowest BCUT2D eigenvalue weighted by Gasteiger charge is -2.11. The summed E-state index contributed by atoms with van der Waals surface area (Å²) in [5.74, 6) is -0.815. The molecule has 0 aliphatic heterocycles. The third-order valence-electron chi connectivity index (χ3n) is 4.51. The van der Waals surface area contributed by atoms with Gasteiger partial charge in [-0.25, -0.2) is 0 Å². The average molecular weight is 417 g/mol. The Bertz CT molecular complexity index is 1170. The van der Waals surface area contributed by atoms with Crippen molar-refractivity contribution in [3.63, 3.8) is 0 Å². The molecule has 1 heterocycles. The molecule has 0 fully saturated rings. The van der Waals surface area contributed by atoms with Crippen LogP contribution in [0.15, 0.2) is 94.9 Å². The van der Waals surface area contributed by atoms with E-state index in [0.29, 0.717) is 5.69 Å². The first-order chi connectivity index (χ1) is 14.7. The summed E-state index contributed by atoms with van der Waals surface area (Å²) in [7, 11) is 0. The lowest BCUT2D eigenvalue weighted by Crippen LogP contribution is -2.21. The molecular weight excluding hydrogens is 396 g/mol. The van der Waals surface area contributed by atoms with Crippen LogP contribution < -0.4 is 5.32 Å². The van der Waals surface area contributed by atoms with Crippen molar-refractivity contribution >= 4 is 40.2 Å². The second kappa shape index (κ2) is 9.33. The Balaban J connectivity index is 1.33. The number of fused-ring (bicyclic) bond motifs is 1. The number of amides is 1. The van der Waals surface area contributed by atoms with Crippen molar-refractivity contribution in [1.82, 2.24) is 4.98 Å². The van der Waals surface area contributed by atoms with Crippen LogP contribution >= 0.6 is 11.8 Å². The molecule has 6 heteroatoms. The fourth-order valence-electron chi connectivity index (χ4n) is 3.09. The molecule has 0 saturated heterocycles. The molecule has 3 aromatic carbocycles. The van der Waals surface area contributed by atoms with Gasteiger partial charge in [0.25, 0.3) is 5.91 Å². The van der Waals surface area contributed by atoms with Gasteiger partial charge in [0.2, 0.25) is 0 Å². The van der Waals surface area contributed by atoms with Gasteiger partial charge in [-0.05, 0) is 35.9 Å². The number of aromatic amines is 1. The predicted octanol–water partition coefficient (Wildman–Crippen LogP) is 5.04. The minimum Gasteiger partial charge on any atom is -0.455 e. The molecular formula is C24H20N2O3S. The largest absolute Gasteiger partial charge is 0.455 e. The van der Waals surface area contributed by atoms with Crippen LogP contribution in [0, 0.1) is 0 Å². The summed E-state index contributed by atoms with van der Waals surface area (Å²) < 4.78 is 5.18. The van der Waals surface area contributed by atoms with Crippen molar-refractivity contribution in [3.05, 3.63) is 90.6 Å². The number of nitrogens with one attached hydrogen (secondary N) is 2. The van der Waals surface area contributed by atoms with Gasteiger partial charge in [-0.1, -0.05) is 60.3 Å². The van der Waals surface area contributed by atoms with Gasteiger partial charge in [0.05, 0.1) is 12.1 Å². The third-order valence-corrected chi connectivity index (χ3v) is 5.59. The molecule has 0 aliphatic carbocycles. The highest BCUT2D eigenvalue weighted by molar-refractivity contribution is 7.99. The average Bonchev–Trinajstić information content (AvgIpc) is 3.17. The van der Waals surface area contributed by atoms with Crippen LogP contribution in [0.5, 0.6) is 0 Å². The molecule has 1 amide bonds. The summed E-state index contributed by atoms with van der Waals surface area (Å²) in [6.45, 7) is -0.328. The summed E-state index contributed by atoms with van der Waals surface area (Å²) in [6.07, 6.45) is 1.90. The van der Waals surface area contributed by atoms with Crippen molar-refractivity contribution in [2.45, 2.75) is 16.2 Å². The van der Waals surface area contributed by atoms with Crippen molar-refractivity contribution in [3.8, 4) is 0 Å². The molecule has 30 heavy (non-hydrogen) atoms. The Labute approximate surface area is 178 Å². The van der Waals surface area contributed by atoms with Crippen LogP contribution in [0.25, 0.3) is 10.9 Å². The van der Waals surface area contributed by atoms with Gasteiger partial charge in [-0.2, -0.15) is 0 Å². The van der Waals surface area contributed by atoms with Crippen LogP contribution in [0.2, 0.25) is 0 Å². The van der Waals surface area contributed by atoms with Crippen LogP contribution in [0.4, 0.5) is 5.69 Å². The molecule has 1 aromatic heterocycles. The zero-order valence-electron chi connectivity index (χ0n) is 16.1. The molecule has 0 radical (unpaired) electrons. The fourth-order valence-corrected chi connectivity index (χ4v) is 4.01. The number of para-hydroxylation sites is 2. The molecule has 4 aromatic rings. The van der Waals surface area contributed by atoms with Gasteiger partial charge in [-0.15, -0.1) is 0 Å². The summed E-state index contributed by atoms with van der Waals surface area (Å²) in [4.78, 5) is 29.7. The van der Waals surface area contributed by atoms with Gasteiger partial charge in [0.1, 0.15) is 0 Å². The van der Waals surface area contributed by atoms with E-state index < -0.39 is 5.97 Å². The number of carbonyl (C=O) groups excluding carboxylic acids is 2. The fraction of sp³-hybridized carbons (Fsp3) is 0.0833. The van der Waals surface area contributed by atoms with Crippen LogP contribution in [0.3, 0.4) is 0 Å². The first kappa shape index (κ1) is 19.8. The monoisotopic (exact) mass is 416 g/mol. The number of benzene rings is 3. The smallest absolute Gasteiger partial charge is 0.310 e. The van der Waals surface area contributed by atoms with Crippen molar-refractivity contribution in [2.75, 3.05) is 11.9 Å². The highest BCUT2D eigenvalue weighted by Gasteiger charge is 2.13. The standard InChI is InChI=1S/C24H20N2O3S/c27-23(16-29-24(28)14-17-15-25-20-11-5-4-10-19(17)20)26-21-12-6-7-13-22(21)30-18-8-2-1-3-9-18/h1-13,15,25H,14,16H2,(H,26,27). The van der Waals surface area contributed by atoms with Gasteiger partial charge in [0, 0.05) is 26.9 Å². The topological polar surface area (TPSA) is 71.2 Å². The maximum Gasteiger partial charge on any atom is 0.310 e. The lowest BCUT2D eigenvalue weighted by molar-refractivity contribution is -0.146. The van der Waals surface area contributed by atoms with E-state index in [4.69, 9.17) is 4.74 Å². The number of esters is 1. The van der Waals surface area contributed by atoms with Gasteiger partial charge >= 0.3 is 5.97 Å². The lowest BCUT2D eigenvalue weighted by atomic mass is 10.1. The predicted molar refractivity (Wildman–Crippen MR) is 119 cm³/mol. The van der Waals surface area contributed by atoms with Crippen LogP contribution in [-0.2, 0) is 20.7 Å². The van der Waals surface area contributed by atoms with E-state index in [-0.39, 0.29) is 18.9 Å². The molecule has 0 aliphatic rings. The maximum absolute atomic E-state index is 12.3. The summed E-state index contributed by atoms with van der Waals surface area (Å²) in [5.41, 5.74) is 2.50.